The van der Waals surface area contributed by atoms with Crippen LogP contribution in [-0.2, 0) is 9.53 Å². The largest absolute Gasteiger partial charge is 0.465 e. The van der Waals surface area contributed by atoms with Crippen LogP contribution in [0.15, 0.2) is 12.2 Å². The lowest BCUT2D eigenvalue weighted by molar-refractivity contribution is -0.147. The number of allylic oxidation sites excluding steroid dienone is 2. The molecule has 1 aliphatic carbocycles. The Morgan fingerprint density at radius 3 is 2.57 bits per heavy atom. The monoisotopic (exact) mass is 194 g/mol. The second-order valence-corrected chi connectivity index (χ2v) is 4.53. The van der Waals surface area contributed by atoms with Crippen LogP contribution >= 0.6 is 0 Å². The molecular weight excluding hydrogens is 176 g/mol. The van der Waals surface area contributed by atoms with Crippen molar-refractivity contribution in [1.82, 2.24) is 0 Å². The van der Waals surface area contributed by atoms with Crippen LogP contribution < -0.4 is 0 Å². The van der Waals surface area contributed by atoms with Crippen molar-refractivity contribution in [3.05, 3.63) is 12.2 Å². The average molecular weight is 194 g/mol. The molecule has 0 radical (unpaired) electrons. The molecule has 0 aromatic carbocycles. The number of hydrogen-bond donors (Lipinski definition) is 0. The fourth-order valence-corrected chi connectivity index (χ4v) is 3.09. The number of fused-ring (bicyclic) bond motifs is 1. The van der Waals surface area contributed by atoms with Gasteiger partial charge in [0.05, 0.1) is 12.0 Å². The lowest BCUT2D eigenvalue weighted by atomic mass is 9.57. The van der Waals surface area contributed by atoms with Gasteiger partial charge in [0.15, 0.2) is 0 Å². The molecule has 0 aromatic rings. The molecule has 1 fully saturated rings. The van der Waals surface area contributed by atoms with Crippen LogP contribution in [0.4, 0.5) is 0 Å². The highest BCUT2D eigenvalue weighted by Gasteiger charge is 2.60. The minimum absolute atomic E-state index is 0.0335. The second kappa shape index (κ2) is 3.11. The summed E-state index contributed by atoms with van der Waals surface area (Å²) in [6.07, 6.45) is 8.17. The van der Waals surface area contributed by atoms with Gasteiger partial charge in [-0.2, -0.15) is 0 Å². The summed E-state index contributed by atoms with van der Waals surface area (Å²) >= 11 is 0. The van der Waals surface area contributed by atoms with Crippen LogP contribution in [0.1, 0.15) is 39.5 Å². The Morgan fingerprint density at radius 2 is 2.00 bits per heavy atom. The molecule has 2 atom stereocenters. The van der Waals surface area contributed by atoms with Crippen molar-refractivity contribution >= 4 is 5.97 Å². The van der Waals surface area contributed by atoms with Gasteiger partial charge in [-0.05, 0) is 25.7 Å². The maximum atomic E-state index is 11.9. The predicted octanol–water partition coefficient (Wildman–Crippen LogP) is 2.69. The number of carbonyl (C=O) groups excluding carboxylic acids is 1. The van der Waals surface area contributed by atoms with E-state index in [4.69, 9.17) is 4.74 Å². The molecule has 2 rings (SSSR count). The zero-order valence-electron chi connectivity index (χ0n) is 9.01. The Morgan fingerprint density at radius 1 is 1.29 bits per heavy atom. The van der Waals surface area contributed by atoms with Crippen LogP contribution in [0, 0.1) is 10.8 Å². The van der Waals surface area contributed by atoms with Gasteiger partial charge in [-0.25, -0.2) is 0 Å². The van der Waals surface area contributed by atoms with Crippen LogP contribution in [0.2, 0.25) is 0 Å². The summed E-state index contributed by atoms with van der Waals surface area (Å²) in [5, 5.41) is 0. The number of hydrogen-bond acceptors (Lipinski definition) is 2. The Hall–Kier alpha value is -0.790. The SMILES string of the molecule is CCC12CC=CCC1(CC)C(=O)OC2. The molecule has 2 aliphatic rings. The van der Waals surface area contributed by atoms with Crippen molar-refractivity contribution in [3.63, 3.8) is 0 Å². The number of rotatable bonds is 2. The minimum atomic E-state index is -0.212. The predicted molar refractivity (Wildman–Crippen MR) is 54.8 cm³/mol. The van der Waals surface area contributed by atoms with Crippen molar-refractivity contribution < 1.29 is 9.53 Å². The van der Waals surface area contributed by atoms with E-state index in [9.17, 15) is 4.79 Å². The molecule has 2 heteroatoms. The van der Waals surface area contributed by atoms with Crippen molar-refractivity contribution in [3.8, 4) is 0 Å². The third-order valence-electron chi connectivity index (χ3n) is 4.31. The first kappa shape index (κ1) is 9.75. The molecule has 2 nitrogen and oxygen atoms in total. The molecule has 1 heterocycles. The molecule has 0 spiro atoms. The highest BCUT2D eigenvalue weighted by atomic mass is 16.5. The van der Waals surface area contributed by atoms with Gasteiger partial charge in [-0.1, -0.05) is 26.0 Å². The Balaban J connectivity index is 2.45. The van der Waals surface area contributed by atoms with E-state index in [-0.39, 0.29) is 16.8 Å². The highest BCUT2D eigenvalue weighted by molar-refractivity contribution is 5.80. The first-order valence-corrected chi connectivity index (χ1v) is 5.53. The summed E-state index contributed by atoms with van der Waals surface area (Å²) in [6.45, 7) is 4.90. The number of ether oxygens (including phenoxy) is 1. The second-order valence-electron chi connectivity index (χ2n) is 4.53. The molecule has 2 unspecified atom stereocenters. The number of cyclic esters (lactones) is 1. The summed E-state index contributed by atoms with van der Waals surface area (Å²) in [6, 6.07) is 0. The zero-order chi connectivity index (χ0) is 10.2. The topological polar surface area (TPSA) is 26.3 Å². The third kappa shape index (κ3) is 0.943. The quantitative estimate of drug-likeness (QED) is 0.499. The first-order valence-electron chi connectivity index (χ1n) is 5.53. The fraction of sp³-hybridized carbons (Fsp3) is 0.750. The summed E-state index contributed by atoms with van der Waals surface area (Å²) in [4.78, 5) is 11.9. The Labute approximate surface area is 85.3 Å². The van der Waals surface area contributed by atoms with Crippen molar-refractivity contribution in [2.75, 3.05) is 6.61 Å². The Kier molecular flexibility index (Phi) is 2.17. The van der Waals surface area contributed by atoms with Crippen LogP contribution in [0.5, 0.6) is 0 Å². The maximum Gasteiger partial charge on any atom is 0.313 e. The summed E-state index contributed by atoms with van der Waals surface area (Å²) in [5.41, 5.74) is -0.121. The van der Waals surface area contributed by atoms with E-state index in [2.05, 4.69) is 26.0 Å². The molecule has 1 saturated heterocycles. The number of esters is 1. The molecule has 0 bridgehead atoms. The molecule has 0 amide bonds. The Bertz CT molecular complexity index is 282. The molecule has 0 aromatic heterocycles. The van der Waals surface area contributed by atoms with E-state index in [0.717, 1.165) is 25.7 Å². The van der Waals surface area contributed by atoms with E-state index in [1.165, 1.54) is 0 Å². The van der Waals surface area contributed by atoms with Gasteiger partial charge < -0.3 is 4.74 Å². The number of carbonyl (C=O) groups is 1. The maximum absolute atomic E-state index is 11.9. The normalized spacial score (nSPS) is 40.9. The van der Waals surface area contributed by atoms with E-state index < -0.39 is 0 Å². The van der Waals surface area contributed by atoms with Crippen molar-refractivity contribution in [2.24, 2.45) is 10.8 Å². The van der Waals surface area contributed by atoms with Gasteiger partial charge in [0.2, 0.25) is 0 Å². The van der Waals surface area contributed by atoms with Crippen molar-refractivity contribution in [1.29, 1.82) is 0 Å². The third-order valence-corrected chi connectivity index (χ3v) is 4.31. The highest BCUT2D eigenvalue weighted by Crippen LogP contribution is 2.57. The van der Waals surface area contributed by atoms with Crippen molar-refractivity contribution in [2.45, 2.75) is 39.5 Å². The average Bonchev–Trinajstić information content (AvgIpc) is 2.54. The standard InChI is InChI=1S/C12H18O2/c1-3-11-7-5-6-8-12(11,4-2)10(13)14-9-11/h5-6H,3-4,7-9H2,1-2H3. The summed E-state index contributed by atoms with van der Waals surface area (Å²) in [5.74, 6) is 0.0335. The molecule has 14 heavy (non-hydrogen) atoms. The van der Waals surface area contributed by atoms with Crippen LogP contribution in [0.25, 0.3) is 0 Å². The lowest BCUT2D eigenvalue weighted by Gasteiger charge is -2.42. The van der Waals surface area contributed by atoms with Gasteiger partial charge in [0.1, 0.15) is 0 Å². The minimum Gasteiger partial charge on any atom is -0.465 e. The van der Waals surface area contributed by atoms with Gasteiger partial charge in [0.25, 0.3) is 0 Å². The van der Waals surface area contributed by atoms with Crippen LogP contribution in [0.3, 0.4) is 0 Å². The summed E-state index contributed by atoms with van der Waals surface area (Å²) < 4.78 is 5.31. The molecule has 1 aliphatic heterocycles. The molecule has 0 N–H and O–H groups in total. The van der Waals surface area contributed by atoms with Gasteiger partial charge in [-0.15, -0.1) is 0 Å². The van der Waals surface area contributed by atoms with E-state index in [1.807, 2.05) is 0 Å². The molecule has 0 saturated carbocycles. The van der Waals surface area contributed by atoms with Crippen LogP contribution in [-0.4, -0.2) is 12.6 Å². The van der Waals surface area contributed by atoms with E-state index in [0.29, 0.717) is 6.61 Å². The summed E-state index contributed by atoms with van der Waals surface area (Å²) in [7, 11) is 0. The first-order chi connectivity index (χ1) is 6.71. The van der Waals surface area contributed by atoms with Gasteiger partial charge >= 0.3 is 5.97 Å². The van der Waals surface area contributed by atoms with Gasteiger partial charge in [0, 0.05) is 5.41 Å². The van der Waals surface area contributed by atoms with E-state index >= 15 is 0 Å². The van der Waals surface area contributed by atoms with E-state index in [1.54, 1.807) is 0 Å². The lowest BCUT2D eigenvalue weighted by Crippen LogP contribution is -2.43. The van der Waals surface area contributed by atoms with Gasteiger partial charge in [-0.3, -0.25) is 4.79 Å². The fourth-order valence-electron chi connectivity index (χ4n) is 3.09. The molecular formula is C12H18O2. The smallest absolute Gasteiger partial charge is 0.313 e. The molecule has 78 valence electrons. The zero-order valence-corrected chi connectivity index (χ0v) is 9.01.